The largest absolute Gasteiger partial charge is 0.439 e. The first-order chi connectivity index (χ1) is 12.5. The molecule has 0 aliphatic carbocycles. The summed E-state index contributed by atoms with van der Waals surface area (Å²) < 4.78 is 19.1. The van der Waals surface area contributed by atoms with Gasteiger partial charge in [0, 0.05) is 12.1 Å². The third kappa shape index (κ3) is 4.56. The van der Waals surface area contributed by atoms with Gasteiger partial charge in [-0.25, -0.2) is 9.37 Å². The number of aryl methyl sites for hydroxylation is 1. The van der Waals surface area contributed by atoms with Gasteiger partial charge in [0.15, 0.2) is 5.76 Å². The maximum Gasteiger partial charge on any atom is 0.209 e. The molecule has 0 radical (unpaired) electrons. The van der Waals surface area contributed by atoms with E-state index in [1.165, 1.54) is 12.1 Å². The Labute approximate surface area is 152 Å². The lowest BCUT2D eigenvalue weighted by atomic mass is 10.1. The number of oxazole rings is 1. The van der Waals surface area contributed by atoms with Crippen LogP contribution in [0.25, 0.3) is 11.3 Å². The molecule has 26 heavy (non-hydrogen) atoms. The van der Waals surface area contributed by atoms with Crippen molar-refractivity contribution in [2.45, 2.75) is 26.5 Å². The second-order valence-electron chi connectivity index (χ2n) is 6.38. The van der Waals surface area contributed by atoms with Gasteiger partial charge in [-0.1, -0.05) is 48.9 Å². The molecule has 0 bridgehead atoms. The number of hydrogen-bond donors (Lipinski definition) is 1. The number of nitrogens with zero attached hydrogens (tertiary/aromatic N) is 2. The number of aliphatic hydroxyl groups is 1. The molecule has 136 valence electrons. The van der Waals surface area contributed by atoms with E-state index in [0.717, 1.165) is 17.7 Å². The summed E-state index contributed by atoms with van der Waals surface area (Å²) in [6, 6.07) is 14.1. The Hall–Kier alpha value is -2.50. The van der Waals surface area contributed by atoms with Crippen molar-refractivity contribution < 1.29 is 13.9 Å². The fraction of sp³-hybridized carbons (Fsp3) is 0.286. The van der Waals surface area contributed by atoms with Crippen molar-refractivity contribution in [3.8, 4) is 11.3 Å². The summed E-state index contributed by atoms with van der Waals surface area (Å²) in [7, 11) is 0. The smallest absolute Gasteiger partial charge is 0.209 e. The van der Waals surface area contributed by atoms with Gasteiger partial charge in [0.05, 0.1) is 18.8 Å². The molecule has 5 heteroatoms. The summed E-state index contributed by atoms with van der Waals surface area (Å²) in [5.74, 6) is 0.772. The average Bonchev–Trinajstić information content (AvgIpc) is 3.10. The number of likely N-dealkylation sites (N-methyl/N-ethyl adjacent to an activating group) is 1. The molecule has 1 atom stereocenters. The molecule has 0 aliphatic heterocycles. The van der Waals surface area contributed by atoms with Crippen LogP contribution in [0.3, 0.4) is 0 Å². The lowest BCUT2D eigenvalue weighted by Crippen LogP contribution is -2.28. The third-order valence-electron chi connectivity index (χ3n) is 4.36. The Bertz CT molecular complexity index is 845. The highest BCUT2D eigenvalue weighted by molar-refractivity contribution is 5.56. The number of aromatic nitrogens is 1. The normalized spacial score (nSPS) is 12.5. The zero-order valence-corrected chi connectivity index (χ0v) is 15.0. The van der Waals surface area contributed by atoms with Gasteiger partial charge in [0.2, 0.25) is 5.89 Å². The van der Waals surface area contributed by atoms with Crippen molar-refractivity contribution in [3.63, 3.8) is 0 Å². The number of aliphatic hydroxyl groups excluding tert-OH is 1. The van der Waals surface area contributed by atoms with Crippen molar-refractivity contribution in [1.29, 1.82) is 0 Å². The highest BCUT2D eigenvalue weighted by Gasteiger charge is 2.15. The SMILES string of the molecule is CCN(Cc1ncc(-c2cccc(F)c2)o1)CC(O)c1ccc(C)cc1. The Kier molecular flexibility index (Phi) is 5.81. The summed E-state index contributed by atoms with van der Waals surface area (Å²) >= 11 is 0. The first kappa shape index (κ1) is 18.3. The summed E-state index contributed by atoms with van der Waals surface area (Å²) in [6.45, 7) is 5.76. The quantitative estimate of drug-likeness (QED) is 0.685. The molecule has 2 aromatic carbocycles. The molecular weight excluding hydrogens is 331 g/mol. The maximum absolute atomic E-state index is 13.4. The van der Waals surface area contributed by atoms with E-state index in [4.69, 9.17) is 4.42 Å². The summed E-state index contributed by atoms with van der Waals surface area (Å²) in [6.07, 6.45) is 1.03. The zero-order valence-electron chi connectivity index (χ0n) is 15.0. The Morgan fingerprint density at radius 3 is 2.65 bits per heavy atom. The van der Waals surface area contributed by atoms with E-state index in [2.05, 4.69) is 9.88 Å². The van der Waals surface area contributed by atoms with E-state index in [-0.39, 0.29) is 5.82 Å². The number of rotatable bonds is 7. The van der Waals surface area contributed by atoms with Crippen LogP contribution >= 0.6 is 0 Å². The molecule has 4 nitrogen and oxygen atoms in total. The van der Waals surface area contributed by atoms with Crippen LogP contribution in [0.1, 0.15) is 30.0 Å². The Balaban J connectivity index is 1.66. The molecule has 1 heterocycles. The highest BCUT2D eigenvalue weighted by atomic mass is 19.1. The average molecular weight is 354 g/mol. The minimum Gasteiger partial charge on any atom is -0.439 e. The lowest BCUT2D eigenvalue weighted by Gasteiger charge is -2.22. The van der Waals surface area contributed by atoms with Crippen molar-refractivity contribution in [2.75, 3.05) is 13.1 Å². The maximum atomic E-state index is 13.4. The van der Waals surface area contributed by atoms with E-state index in [1.807, 2.05) is 38.1 Å². The van der Waals surface area contributed by atoms with E-state index < -0.39 is 6.10 Å². The molecule has 0 amide bonds. The fourth-order valence-corrected chi connectivity index (χ4v) is 2.79. The fourth-order valence-electron chi connectivity index (χ4n) is 2.79. The molecule has 1 aromatic heterocycles. The Morgan fingerprint density at radius 1 is 1.19 bits per heavy atom. The van der Waals surface area contributed by atoms with Crippen LogP contribution in [0.15, 0.2) is 59.1 Å². The minimum atomic E-state index is -0.576. The predicted octanol–water partition coefficient (Wildman–Crippen LogP) is 4.34. The topological polar surface area (TPSA) is 49.5 Å². The molecule has 0 aliphatic rings. The molecule has 0 saturated carbocycles. The zero-order chi connectivity index (χ0) is 18.5. The lowest BCUT2D eigenvalue weighted by molar-refractivity contribution is 0.107. The van der Waals surface area contributed by atoms with Crippen molar-refractivity contribution >= 4 is 0 Å². The van der Waals surface area contributed by atoms with Crippen LogP contribution < -0.4 is 0 Å². The molecule has 0 spiro atoms. The van der Waals surface area contributed by atoms with Gasteiger partial charge in [-0.2, -0.15) is 0 Å². The molecule has 3 rings (SSSR count). The van der Waals surface area contributed by atoms with Crippen molar-refractivity contribution in [3.05, 3.63) is 77.6 Å². The number of hydrogen-bond acceptors (Lipinski definition) is 4. The van der Waals surface area contributed by atoms with Crippen LogP contribution in [-0.2, 0) is 6.54 Å². The van der Waals surface area contributed by atoms with E-state index in [1.54, 1.807) is 18.3 Å². The summed E-state index contributed by atoms with van der Waals surface area (Å²) in [5, 5.41) is 10.5. The van der Waals surface area contributed by atoms with Crippen LogP contribution in [0, 0.1) is 12.7 Å². The second kappa shape index (κ2) is 8.25. The number of benzene rings is 2. The van der Waals surface area contributed by atoms with Crippen molar-refractivity contribution in [2.24, 2.45) is 0 Å². The van der Waals surface area contributed by atoms with Crippen LogP contribution in [0.2, 0.25) is 0 Å². The van der Waals surface area contributed by atoms with Crippen molar-refractivity contribution in [1.82, 2.24) is 9.88 Å². The van der Waals surface area contributed by atoms with Gasteiger partial charge in [0.1, 0.15) is 5.82 Å². The second-order valence-corrected chi connectivity index (χ2v) is 6.38. The molecule has 0 fully saturated rings. The summed E-state index contributed by atoms with van der Waals surface area (Å²) in [5.41, 5.74) is 2.71. The summed E-state index contributed by atoms with van der Waals surface area (Å²) in [4.78, 5) is 6.35. The molecule has 3 aromatic rings. The van der Waals surface area contributed by atoms with Gasteiger partial charge < -0.3 is 9.52 Å². The molecule has 0 saturated heterocycles. The first-order valence-corrected chi connectivity index (χ1v) is 8.72. The van der Waals surface area contributed by atoms with E-state index in [0.29, 0.717) is 30.3 Å². The molecule has 1 N–H and O–H groups in total. The van der Waals surface area contributed by atoms with Gasteiger partial charge in [-0.3, -0.25) is 4.90 Å². The van der Waals surface area contributed by atoms with Gasteiger partial charge >= 0.3 is 0 Å². The van der Waals surface area contributed by atoms with E-state index >= 15 is 0 Å². The third-order valence-corrected chi connectivity index (χ3v) is 4.36. The standard InChI is InChI=1S/C21H23FN2O2/c1-3-24(13-19(25)16-9-7-15(2)8-10-16)14-21-23-12-20(26-21)17-5-4-6-18(22)11-17/h4-12,19,25H,3,13-14H2,1-2H3. The molecular formula is C21H23FN2O2. The van der Waals surface area contributed by atoms with Gasteiger partial charge in [-0.15, -0.1) is 0 Å². The van der Waals surface area contributed by atoms with Gasteiger partial charge in [-0.05, 0) is 31.2 Å². The first-order valence-electron chi connectivity index (χ1n) is 8.72. The van der Waals surface area contributed by atoms with Gasteiger partial charge in [0.25, 0.3) is 0 Å². The monoisotopic (exact) mass is 354 g/mol. The highest BCUT2D eigenvalue weighted by Crippen LogP contribution is 2.22. The number of halogens is 1. The van der Waals surface area contributed by atoms with Crippen LogP contribution in [0.4, 0.5) is 4.39 Å². The van der Waals surface area contributed by atoms with Crippen LogP contribution in [-0.4, -0.2) is 28.1 Å². The molecule has 1 unspecified atom stereocenters. The predicted molar refractivity (Wildman–Crippen MR) is 99.0 cm³/mol. The minimum absolute atomic E-state index is 0.308. The van der Waals surface area contributed by atoms with Crippen LogP contribution in [0.5, 0.6) is 0 Å². The van der Waals surface area contributed by atoms with E-state index in [9.17, 15) is 9.50 Å². The Morgan fingerprint density at radius 2 is 1.96 bits per heavy atom.